The molecule has 3 heterocycles. The minimum Gasteiger partial charge on any atom is -0.466 e. The minimum absolute atomic E-state index is 0.0470. The fourth-order valence-electron chi connectivity index (χ4n) is 4.12. The lowest BCUT2D eigenvalue weighted by atomic mass is 9.96. The van der Waals surface area contributed by atoms with Crippen LogP contribution in [0.2, 0.25) is 0 Å². The zero-order valence-corrected chi connectivity index (χ0v) is 21.3. The molecule has 1 aliphatic rings. The van der Waals surface area contributed by atoms with E-state index in [-0.39, 0.29) is 22.8 Å². The first-order valence-electron chi connectivity index (χ1n) is 11.5. The van der Waals surface area contributed by atoms with Crippen molar-refractivity contribution in [3.8, 4) is 5.75 Å². The molecule has 0 saturated carbocycles. The SMILES string of the molecule is COC(=O)C1=C(C)N=c2s/c(=C/c3ccc([N+](=O)[O-])cc3)c(=O)n2[C@H]1c1ccc(OC(=O)c2ccco2)cc1. The van der Waals surface area contributed by atoms with E-state index in [2.05, 4.69) is 4.99 Å². The molecule has 0 spiro atoms. The number of thiazole rings is 1. The Bertz CT molecular complexity index is 1800. The molecule has 0 bridgehead atoms. The zero-order valence-electron chi connectivity index (χ0n) is 20.5. The number of hydrogen-bond acceptors (Lipinski definition) is 10. The Labute approximate surface area is 223 Å². The molecule has 39 heavy (non-hydrogen) atoms. The Hall–Kier alpha value is -5.10. The number of nitro benzene ring substituents is 1. The van der Waals surface area contributed by atoms with E-state index in [9.17, 15) is 24.5 Å². The Morgan fingerprint density at radius 2 is 1.82 bits per heavy atom. The fourth-order valence-corrected chi connectivity index (χ4v) is 5.17. The number of non-ortho nitro benzene ring substituents is 1. The Morgan fingerprint density at radius 3 is 2.44 bits per heavy atom. The van der Waals surface area contributed by atoms with Crippen molar-refractivity contribution in [1.29, 1.82) is 0 Å². The van der Waals surface area contributed by atoms with Gasteiger partial charge in [0.05, 0.1) is 40.1 Å². The molecule has 0 radical (unpaired) electrons. The van der Waals surface area contributed by atoms with Crippen LogP contribution in [0.1, 0.15) is 34.6 Å². The third-order valence-electron chi connectivity index (χ3n) is 5.96. The van der Waals surface area contributed by atoms with Gasteiger partial charge >= 0.3 is 11.9 Å². The number of carbonyl (C=O) groups excluding carboxylic acids is 2. The molecular formula is C27H19N3O8S. The summed E-state index contributed by atoms with van der Waals surface area (Å²) in [5, 5.41) is 11.0. The van der Waals surface area contributed by atoms with E-state index in [0.717, 1.165) is 11.3 Å². The number of allylic oxidation sites excluding steroid dienone is 1. The van der Waals surface area contributed by atoms with Gasteiger partial charge in [0, 0.05) is 12.1 Å². The molecule has 1 aliphatic heterocycles. The van der Waals surface area contributed by atoms with E-state index in [0.29, 0.717) is 26.2 Å². The van der Waals surface area contributed by atoms with E-state index in [1.807, 2.05) is 0 Å². The van der Waals surface area contributed by atoms with Crippen LogP contribution in [-0.4, -0.2) is 28.5 Å². The lowest BCUT2D eigenvalue weighted by Crippen LogP contribution is -2.39. The Balaban J connectivity index is 1.57. The highest BCUT2D eigenvalue weighted by Gasteiger charge is 2.33. The van der Waals surface area contributed by atoms with E-state index in [1.165, 1.54) is 36.1 Å². The highest BCUT2D eigenvalue weighted by atomic mass is 32.1. The number of rotatable bonds is 6. The molecule has 0 amide bonds. The predicted octanol–water partition coefficient (Wildman–Crippen LogP) is 3.13. The number of ether oxygens (including phenoxy) is 2. The van der Waals surface area contributed by atoms with Crippen LogP contribution < -0.4 is 19.6 Å². The van der Waals surface area contributed by atoms with Gasteiger partial charge in [-0.25, -0.2) is 14.6 Å². The second kappa shape index (κ2) is 10.3. The molecule has 0 saturated heterocycles. The first-order chi connectivity index (χ1) is 18.8. The van der Waals surface area contributed by atoms with Crippen molar-refractivity contribution >= 4 is 35.0 Å². The second-order valence-corrected chi connectivity index (χ2v) is 9.37. The zero-order chi connectivity index (χ0) is 27.7. The molecule has 0 aliphatic carbocycles. The van der Waals surface area contributed by atoms with Gasteiger partial charge in [-0.1, -0.05) is 23.5 Å². The number of nitrogens with zero attached hydrogens (tertiary/aromatic N) is 3. The van der Waals surface area contributed by atoms with Gasteiger partial charge in [-0.15, -0.1) is 0 Å². The monoisotopic (exact) mass is 545 g/mol. The Morgan fingerprint density at radius 1 is 1.10 bits per heavy atom. The van der Waals surface area contributed by atoms with Crippen molar-refractivity contribution in [2.45, 2.75) is 13.0 Å². The average Bonchev–Trinajstić information content (AvgIpc) is 3.57. The summed E-state index contributed by atoms with van der Waals surface area (Å²) in [6.45, 7) is 1.66. The van der Waals surface area contributed by atoms with E-state index < -0.39 is 28.5 Å². The Kier molecular flexibility index (Phi) is 6.77. The maximum absolute atomic E-state index is 13.6. The van der Waals surface area contributed by atoms with Crippen molar-refractivity contribution in [3.05, 3.63) is 125 Å². The molecule has 1 atom stereocenters. The second-order valence-electron chi connectivity index (χ2n) is 8.36. The lowest BCUT2D eigenvalue weighted by Gasteiger charge is -2.24. The maximum atomic E-state index is 13.6. The predicted molar refractivity (Wildman–Crippen MR) is 139 cm³/mol. The van der Waals surface area contributed by atoms with Crippen molar-refractivity contribution in [2.24, 2.45) is 4.99 Å². The van der Waals surface area contributed by atoms with E-state index >= 15 is 0 Å². The summed E-state index contributed by atoms with van der Waals surface area (Å²) in [4.78, 5) is 54.0. The molecule has 4 aromatic rings. The summed E-state index contributed by atoms with van der Waals surface area (Å²) in [5.41, 5.74) is 1.27. The summed E-state index contributed by atoms with van der Waals surface area (Å²) in [5.74, 6) is -1.02. The summed E-state index contributed by atoms with van der Waals surface area (Å²) >= 11 is 1.13. The highest BCUT2D eigenvalue weighted by Crippen LogP contribution is 2.31. The number of benzene rings is 2. The largest absolute Gasteiger partial charge is 0.466 e. The van der Waals surface area contributed by atoms with Crippen LogP contribution in [0.5, 0.6) is 5.75 Å². The van der Waals surface area contributed by atoms with Crippen molar-refractivity contribution in [3.63, 3.8) is 0 Å². The topological polar surface area (TPSA) is 143 Å². The molecule has 0 unspecified atom stereocenters. The standard InChI is InChI=1S/C27H19N3O8S/c1-15-22(26(33)36-2)23(17-7-11-19(12-8-17)38-25(32)20-4-3-13-37-20)29-24(31)21(39-27(29)28-15)14-16-5-9-18(10-6-16)30(34)35/h3-14,23H,1-2H3/b21-14+/t23-/m0/s1. The van der Waals surface area contributed by atoms with Gasteiger partial charge in [0.2, 0.25) is 5.76 Å². The molecule has 196 valence electrons. The van der Waals surface area contributed by atoms with Crippen LogP contribution in [0.4, 0.5) is 5.69 Å². The van der Waals surface area contributed by atoms with Crippen molar-refractivity contribution < 1.29 is 28.4 Å². The number of hydrogen-bond donors (Lipinski definition) is 0. The highest BCUT2D eigenvalue weighted by molar-refractivity contribution is 7.07. The van der Waals surface area contributed by atoms with Crippen LogP contribution >= 0.6 is 11.3 Å². The number of methoxy groups -OCH3 is 1. The molecular weight excluding hydrogens is 526 g/mol. The number of fused-ring (bicyclic) bond motifs is 1. The normalized spacial score (nSPS) is 14.9. The number of nitro groups is 1. The van der Waals surface area contributed by atoms with Crippen LogP contribution in [-0.2, 0) is 9.53 Å². The number of carbonyl (C=O) groups is 2. The molecule has 11 nitrogen and oxygen atoms in total. The van der Waals surface area contributed by atoms with Gasteiger partial charge in [0.1, 0.15) is 5.75 Å². The third-order valence-corrected chi connectivity index (χ3v) is 6.94. The molecule has 5 rings (SSSR count). The molecule has 0 N–H and O–H groups in total. The smallest absolute Gasteiger partial charge is 0.379 e. The van der Waals surface area contributed by atoms with Gasteiger partial charge in [0.15, 0.2) is 4.80 Å². The lowest BCUT2D eigenvalue weighted by molar-refractivity contribution is -0.384. The van der Waals surface area contributed by atoms with Crippen LogP contribution in [0, 0.1) is 10.1 Å². The van der Waals surface area contributed by atoms with Gasteiger partial charge in [-0.2, -0.15) is 0 Å². The van der Waals surface area contributed by atoms with Gasteiger partial charge in [-0.05, 0) is 60.5 Å². The molecule has 12 heteroatoms. The van der Waals surface area contributed by atoms with Crippen LogP contribution in [0.25, 0.3) is 6.08 Å². The van der Waals surface area contributed by atoms with Gasteiger partial charge in [0.25, 0.3) is 11.2 Å². The maximum Gasteiger partial charge on any atom is 0.379 e. The summed E-state index contributed by atoms with van der Waals surface area (Å²) in [6.07, 6.45) is 2.97. The first kappa shape index (κ1) is 25.5. The quantitative estimate of drug-likeness (QED) is 0.156. The number of aromatic nitrogens is 1. The van der Waals surface area contributed by atoms with Crippen LogP contribution in [0.3, 0.4) is 0 Å². The molecule has 0 fully saturated rings. The fraction of sp³-hybridized carbons (Fsp3) is 0.111. The average molecular weight is 546 g/mol. The first-order valence-corrected chi connectivity index (χ1v) is 12.3. The van der Waals surface area contributed by atoms with E-state index in [1.54, 1.807) is 55.5 Å². The van der Waals surface area contributed by atoms with Crippen LogP contribution in [0.15, 0.2) is 92.4 Å². The number of esters is 2. The third kappa shape index (κ3) is 4.92. The number of furan rings is 1. The van der Waals surface area contributed by atoms with Crippen molar-refractivity contribution in [2.75, 3.05) is 7.11 Å². The van der Waals surface area contributed by atoms with Gasteiger partial charge in [-0.3, -0.25) is 19.5 Å². The summed E-state index contributed by atoms with van der Waals surface area (Å²) < 4.78 is 17.1. The summed E-state index contributed by atoms with van der Waals surface area (Å²) in [6, 6.07) is 14.4. The van der Waals surface area contributed by atoms with Gasteiger partial charge < -0.3 is 13.9 Å². The van der Waals surface area contributed by atoms with E-state index in [4.69, 9.17) is 13.9 Å². The molecule has 2 aromatic heterocycles. The van der Waals surface area contributed by atoms with Crippen molar-refractivity contribution in [1.82, 2.24) is 4.57 Å². The molecule has 2 aromatic carbocycles. The summed E-state index contributed by atoms with van der Waals surface area (Å²) in [7, 11) is 1.25. The minimum atomic E-state index is -0.859.